The van der Waals surface area contributed by atoms with Gasteiger partial charge in [-0.3, -0.25) is 0 Å². The van der Waals surface area contributed by atoms with E-state index in [1.807, 2.05) is 0 Å². The molecule has 0 radical (unpaired) electrons. The van der Waals surface area contributed by atoms with Gasteiger partial charge in [0.15, 0.2) is 23.0 Å². The normalized spacial score (nSPS) is 13.2. The fourth-order valence-corrected chi connectivity index (χ4v) is 9.71. The average Bonchev–Trinajstić information content (AvgIpc) is 3.76. The summed E-state index contributed by atoms with van der Waals surface area (Å²) in [7, 11) is 0. The summed E-state index contributed by atoms with van der Waals surface area (Å²) in [5, 5.41) is 0. The van der Waals surface area contributed by atoms with E-state index < -0.39 is 5.41 Å². The molecule has 9 aromatic carbocycles. The lowest BCUT2D eigenvalue weighted by Crippen LogP contribution is -2.25. The van der Waals surface area contributed by atoms with Crippen molar-refractivity contribution in [1.29, 1.82) is 0 Å². The van der Waals surface area contributed by atoms with E-state index in [1.165, 1.54) is 38.9 Å². The van der Waals surface area contributed by atoms with Gasteiger partial charge in [0.25, 0.3) is 0 Å². The molecule has 59 heavy (non-hydrogen) atoms. The molecule has 0 saturated heterocycles. The summed E-state index contributed by atoms with van der Waals surface area (Å²) >= 11 is 0. The van der Waals surface area contributed by atoms with Crippen LogP contribution in [-0.4, -0.2) is 0 Å². The van der Waals surface area contributed by atoms with Gasteiger partial charge in [0, 0.05) is 34.9 Å². The van der Waals surface area contributed by atoms with E-state index in [1.54, 1.807) is 0 Å². The molecule has 278 valence electrons. The first-order chi connectivity index (χ1) is 29.3. The predicted octanol–water partition coefficient (Wildman–Crippen LogP) is 14.9. The van der Waals surface area contributed by atoms with Gasteiger partial charge in [-0.05, 0) is 105 Å². The van der Waals surface area contributed by atoms with E-state index in [2.05, 4.69) is 228 Å². The minimum absolute atomic E-state index is 0.490. The minimum Gasteiger partial charge on any atom is -0.449 e. The Morgan fingerprint density at radius 3 is 0.966 bits per heavy atom. The molecule has 0 bridgehead atoms. The number of fused-ring (bicyclic) bond motifs is 12. The standard InChI is InChI=1S/C55H36N2O2/c1-5-19-37(20-6-1)56(38-21-7-2-8-22-38)49-35-53-54(36-50(49)57(39-23-9-3-10-24-39)40-25-11-4-12-26-40)59-52-34-48-44(33-51(52)58-53)43-29-15-18-32-47(43)55(48)45-30-16-13-27-41(45)42-28-14-17-31-46(42)55/h1-36H. The fraction of sp³-hybridized carbons (Fsp3) is 0.0182. The fourth-order valence-electron chi connectivity index (χ4n) is 9.71. The Labute approximate surface area is 343 Å². The molecular formula is C55H36N2O2. The molecule has 1 aliphatic heterocycles. The van der Waals surface area contributed by atoms with Crippen LogP contribution < -0.4 is 19.3 Å². The number of benzene rings is 9. The van der Waals surface area contributed by atoms with Crippen LogP contribution in [0.4, 0.5) is 34.1 Å². The van der Waals surface area contributed by atoms with Gasteiger partial charge in [0.1, 0.15) is 0 Å². The minimum atomic E-state index is -0.490. The third-order valence-corrected chi connectivity index (χ3v) is 12.1. The molecule has 0 atom stereocenters. The maximum Gasteiger partial charge on any atom is 0.172 e. The quantitative estimate of drug-likeness (QED) is 0.169. The van der Waals surface area contributed by atoms with E-state index in [-0.39, 0.29) is 0 Å². The Morgan fingerprint density at radius 1 is 0.271 bits per heavy atom. The molecule has 4 heteroatoms. The number of para-hydroxylation sites is 4. The van der Waals surface area contributed by atoms with Gasteiger partial charge in [-0.1, -0.05) is 146 Å². The van der Waals surface area contributed by atoms with E-state index in [4.69, 9.17) is 9.47 Å². The van der Waals surface area contributed by atoms with Crippen molar-refractivity contribution >= 4 is 34.1 Å². The highest BCUT2D eigenvalue weighted by Crippen LogP contribution is 2.65. The van der Waals surface area contributed by atoms with Crippen molar-refractivity contribution in [3.05, 3.63) is 241 Å². The molecule has 1 spiro atoms. The molecule has 0 saturated carbocycles. The lowest BCUT2D eigenvalue weighted by atomic mass is 9.70. The first-order valence-electron chi connectivity index (χ1n) is 20.1. The second-order valence-electron chi connectivity index (χ2n) is 15.2. The highest BCUT2D eigenvalue weighted by molar-refractivity contribution is 5.97. The maximum absolute atomic E-state index is 7.12. The number of anilines is 6. The predicted molar refractivity (Wildman–Crippen MR) is 239 cm³/mol. The number of nitrogens with zero attached hydrogens (tertiary/aromatic N) is 2. The summed E-state index contributed by atoms with van der Waals surface area (Å²) in [6.07, 6.45) is 0. The smallest absolute Gasteiger partial charge is 0.172 e. The number of hydrogen-bond acceptors (Lipinski definition) is 4. The van der Waals surface area contributed by atoms with Crippen LogP contribution in [0, 0.1) is 0 Å². The van der Waals surface area contributed by atoms with E-state index >= 15 is 0 Å². The zero-order chi connectivity index (χ0) is 38.9. The van der Waals surface area contributed by atoms with Crippen LogP contribution in [0.5, 0.6) is 23.0 Å². The SMILES string of the molecule is c1ccc(N(c2ccccc2)c2cc3c(cc2N(c2ccccc2)c2ccccc2)Oc2cc4c(cc2O3)-c2ccccc2C42c3ccccc3-c3ccccc32)cc1. The Balaban J connectivity index is 1.09. The Hall–Kier alpha value is -7.82. The molecule has 0 aromatic heterocycles. The highest BCUT2D eigenvalue weighted by atomic mass is 16.6. The van der Waals surface area contributed by atoms with Crippen molar-refractivity contribution < 1.29 is 9.47 Å². The molecule has 0 N–H and O–H groups in total. The molecule has 0 fully saturated rings. The van der Waals surface area contributed by atoms with E-state index in [0.717, 1.165) is 39.7 Å². The van der Waals surface area contributed by atoms with Crippen molar-refractivity contribution in [1.82, 2.24) is 0 Å². The average molecular weight is 757 g/mol. The van der Waals surface area contributed by atoms with Crippen LogP contribution >= 0.6 is 0 Å². The summed E-state index contributed by atoms with van der Waals surface area (Å²) in [4.78, 5) is 4.60. The van der Waals surface area contributed by atoms with Gasteiger partial charge in [-0.2, -0.15) is 0 Å². The summed E-state index contributed by atoms with van der Waals surface area (Å²) in [6.45, 7) is 0. The highest BCUT2D eigenvalue weighted by Gasteiger charge is 2.52. The first-order valence-corrected chi connectivity index (χ1v) is 20.1. The number of ether oxygens (including phenoxy) is 2. The van der Waals surface area contributed by atoms with Crippen LogP contribution in [0.3, 0.4) is 0 Å². The summed E-state index contributed by atoms with van der Waals surface area (Å²) in [5.74, 6) is 2.67. The summed E-state index contributed by atoms with van der Waals surface area (Å²) in [5.41, 5.74) is 15.4. The van der Waals surface area contributed by atoms with Gasteiger partial charge in [0.05, 0.1) is 16.8 Å². The van der Waals surface area contributed by atoms with Crippen LogP contribution in [0.15, 0.2) is 218 Å². The Kier molecular flexibility index (Phi) is 7.41. The van der Waals surface area contributed by atoms with Crippen molar-refractivity contribution in [2.45, 2.75) is 5.41 Å². The number of hydrogen-bond donors (Lipinski definition) is 0. The monoisotopic (exact) mass is 756 g/mol. The maximum atomic E-state index is 7.12. The molecule has 2 aliphatic carbocycles. The Morgan fingerprint density at radius 2 is 0.576 bits per heavy atom. The second-order valence-corrected chi connectivity index (χ2v) is 15.2. The molecule has 12 rings (SSSR count). The summed E-state index contributed by atoms with van der Waals surface area (Å²) < 4.78 is 14.2. The van der Waals surface area contributed by atoms with E-state index in [0.29, 0.717) is 23.0 Å². The zero-order valence-electron chi connectivity index (χ0n) is 32.0. The van der Waals surface area contributed by atoms with Crippen molar-refractivity contribution in [3.8, 4) is 45.3 Å². The lowest BCUT2D eigenvalue weighted by molar-refractivity contribution is 0.359. The molecular weight excluding hydrogens is 721 g/mol. The number of rotatable bonds is 6. The van der Waals surface area contributed by atoms with Crippen molar-refractivity contribution in [2.24, 2.45) is 0 Å². The Bertz CT molecular complexity index is 2930. The zero-order valence-corrected chi connectivity index (χ0v) is 32.0. The largest absolute Gasteiger partial charge is 0.449 e. The van der Waals surface area contributed by atoms with Gasteiger partial charge in [-0.25, -0.2) is 0 Å². The lowest BCUT2D eigenvalue weighted by Gasteiger charge is -2.35. The molecule has 4 nitrogen and oxygen atoms in total. The molecule has 1 heterocycles. The molecule has 0 amide bonds. The van der Waals surface area contributed by atoms with Gasteiger partial charge < -0.3 is 19.3 Å². The first kappa shape index (κ1) is 33.3. The topological polar surface area (TPSA) is 24.9 Å². The van der Waals surface area contributed by atoms with Crippen molar-refractivity contribution in [3.63, 3.8) is 0 Å². The van der Waals surface area contributed by atoms with Crippen LogP contribution in [-0.2, 0) is 5.41 Å². The van der Waals surface area contributed by atoms with Crippen molar-refractivity contribution in [2.75, 3.05) is 9.80 Å². The van der Waals surface area contributed by atoms with E-state index in [9.17, 15) is 0 Å². The van der Waals surface area contributed by atoms with Gasteiger partial charge in [-0.15, -0.1) is 0 Å². The molecule has 9 aromatic rings. The second kappa shape index (κ2) is 13.1. The van der Waals surface area contributed by atoms with Gasteiger partial charge >= 0.3 is 0 Å². The third-order valence-electron chi connectivity index (χ3n) is 12.1. The molecule has 3 aliphatic rings. The van der Waals surface area contributed by atoms with Crippen LogP contribution in [0.1, 0.15) is 22.3 Å². The third kappa shape index (κ3) is 4.96. The van der Waals surface area contributed by atoms with Crippen LogP contribution in [0.25, 0.3) is 22.3 Å². The van der Waals surface area contributed by atoms with Crippen LogP contribution in [0.2, 0.25) is 0 Å². The molecule has 0 unspecified atom stereocenters. The summed E-state index contributed by atoms with van der Waals surface area (Å²) in [6, 6.07) is 77.4. The van der Waals surface area contributed by atoms with Gasteiger partial charge in [0.2, 0.25) is 0 Å².